The number of nitrogens with one attached hydrogen (secondary N) is 1. The van der Waals surface area contributed by atoms with Crippen molar-refractivity contribution in [2.24, 2.45) is 0 Å². The third kappa shape index (κ3) is 5.34. The van der Waals surface area contributed by atoms with E-state index >= 15 is 0 Å². The molecule has 0 aromatic heterocycles. The van der Waals surface area contributed by atoms with E-state index in [-0.39, 0.29) is 23.7 Å². The Bertz CT molecular complexity index is 1090. The SMILES string of the molecule is CCS(=O)(=O)N(CC(=O)Nc1ccc(Cl)c(C(F)(F)F)c1)c1ccc2c(c1)OCCO2. The van der Waals surface area contributed by atoms with Crippen molar-refractivity contribution >= 4 is 38.9 Å². The Morgan fingerprint density at radius 1 is 1.13 bits per heavy atom. The van der Waals surface area contributed by atoms with Gasteiger partial charge in [-0.05, 0) is 37.3 Å². The van der Waals surface area contributed by atoms with Crippen LogP contribution in [0.2, 0.25) is 5.02 Å². The minimum Gasteiger partial charge on any atom is -0.486 e. The Balaban J connectivity index is 1.85. The van der Waals surface area contributed by atoms with Gasteiger partial charge in [0.05, 0.1) is 22.0 Å². The maximum absolute atomic E-state index is 13.0. The van der Waals surface area contributed by atoms with Gasteiger partial charge in [0.2, 0.25) is 15.9 Å². The lowest BCUT2D eigenvalue weighted by Gasteiger charge is -2.25. The van der Waals surface area contributed by atoms with E-state index in [9.17, 15) is 26.4 Å². The molecule has 7 nitrogen and oxygen atoms in total. The maximum Gasteiger partial charge on any atom is 0.417 e. The zero-order valence-corrected chi connectivity index (χ0v) is 17.8. The lowest BCUT2D eigenvalue weighted by atomic mass is 10.2. The largest absolute Gasteiger partial charge is 0.486 e. The van der Waals surface area contributed by atoms with Crippen molar-refractivity contribution in [3.8, 4) is 11.5 Å². The molecule has 1 aliphatic heterocycles. The lowest BCUT2D eigenvalue weighted by molar-refractivity contribution is -0.137. The summed E-state index contributed by atoms with van der Waals surface area (Å²) >= 11 is 5.58. The smallest absolute Gasteiger partial charge is 0.417 e. The highest BCUT2D eigenvalue weighted by atomic mass is 35.5. The van der Waals surface area contributed by atoms with Crippen molar-refractivity contribution in [1.29, 1.82) is 0 Å². The first-order chi connectivity index (χ1) is 14.5. The molecule has 1 aliphatic rings. The van der Waals surface area contributed by atoms with E-state index in [1.807, 2.05) is 0 Å². The summed E-state index contributed by atoms with van der Waals surface area (Å²) in [6, 6.07) is 7.29. The summed E-state index contributed by atoms with van der Waals surface area (Å²) < 4.78 is 76.0. The summed E-state index contributed by atoms with van der Waals surface area (Å²) in [5.74, 6) is -0.363. The second kappa shape index (κ2) is 8.83. The van der Waals surface area contributed by atoms with Gasteiger partial charge in [-0.1, -0.05) is 11.6 Å². The molecule has 0 atom stereocenters. The number of benzene rings is 2. The molecule has 31 heavy (non-hydrogen) atoms. The highest BCUT2D eigenvalue weighted by Gasteiger charge is 2.33. The number of rotatable bonds is 6. The highest BCUT2D eigenvalue weighted by molar-refractivity contribution is 7.92. The number of hydrogen-bond donors (Lipinski definition) is 1. The van der Waals surface area contributed by atoms with E-state index in [1.165, 1.54) is 31.2 Å². The third-order valence-electron chi connectivity index (χ3n) is 4.36. The fraction of sp³-hybridized carbons (Fsp3) is 0.316. The van der Waals surface area contributed by atoms with Crippen molar-refractivity contribution in [1.82, 2.24) is 0 Å². The van der Waals surface area contributed by atoms with Gasteiger partial charge < -0.3 is 14.8 Å². The van der Waals surface area contributed by atoms with Crippen LogP contribution < -0.4 is 19.1 Å². The lowest BCUT2D eigenvalue weighted by Crippen LogP contribution is -2.39. The van der Waals surface area contributed by atoms with Gasteiger partial charge in [-0.2, -0.15) is 13.2 Å². The van der Waals surface area contributed by atoms with Gasteiger partial charge in [-0.25, -0.2) is 8.42 Å². The number of alkyl halides is 3. The summed E-state index contributed by atoms with van der Waals surface area (Å²) in [6.45, 7) is 1.40. The monoisotopic (exact) mass is 478 g/mol. The molecule has 2 aromatic rings. The molecule has 1 amide bonds. The van der Waals surface area contributed by atoms with Gasteiger partial charge in [0.1, 0.15) is 19.8 Å². The number of sulfonamides is 1. The first-order valence-corrected chi connectivity index (χ1v) is 11.1. The topological polar surface area (TPSA) is 84.9 Å². The standard InChI is InChI=1S/C19H18ClF3N2O5S/c1-2-31(27,28)25(13-4-6-16-17(10-13)30-8-7-29-16)11-18(26)24-12-3-5-15(20)14(9-12)19(21,22)23/h3-6,9-10H,2,7-8,11H2,1H3,(H,24,26). The Hall–Kier alpha value is -2.66. The molecule has 2 aromatic carbocycles. The third-order valence-corrected chi connectivity index (χ3v) is 6.43. The number of halogens is 4. The van der Waals surface area contributed by atoms with Gasteiger partial charge >= 0.3 is 6.18 Å². The fourth-order valence-electron chi connectivity index (χ4n) is 2.84. The van der Waals surface area contributed by atoms with Gasteiger partial charge in [-0.3, -0.25) is 9.10 Å². The van der Waals surface area contributed by atoms with E-state index in [2.05, 4.69) is 5.32 Å². The van der Waals surface area contributed by atoms with Crippen molar-refractivity contribution in [3.63, 3.8) is 0 Å². The second-order valence-electron chi connectivity index (χ2n) is 6.48. The number of amides is 1. The van der Waals surface area contributed by atoms with E-state index in [0.717, 1.165) is 10.4 Å². The number of anilines is 2. The van der Waals surface area contributed by atoms with Gasteiger partial charge in [0.25, 0.3) is 0 Å². The van der Waals surface area contributed by atoms with Crippen molar-refractivity contribution < 1.29 is 35.9 Å². The van der Waals surface area contributed by atoms with E-state index in [0.29, 0.717) is 24.2 Å². The van der Waals surface area contributed by atoms with Crippen LogP contribution >= 0.6 is 11.6 Å². The van der Waals surface area contributed by atoms with Gasteiger partial charge in [0, 0.05) is 11.8 Å². The van der Waals surface area contributed by atoms with Crippen molar-refractivity contribution in [3.05, 3.63) is 47.0 Å². The fourth-order valence-corrected chi connectivity index (χ4v) is 4.13. The molecule has 0 aliphatic carbocycles. The minimum atomic E-state index is -4.71. The molecular formula is C19H18ClF3N2O5S. The van der Waals surface area contributed by atoms with Crippen LogP contribution in [0.1, 0.15) is 12.5 Å². The average Bonchev–Trinajstić information content (AvgIpc) is 2.72. The van der Waals surface area contributed by atoms with Crippen LogP contribution in [0.15, 0.2) is 36.4 Å². The van der Waals surface area contributed by atoms with Crippen molar-refractivity contribution in [2.75, 3.05) is 35.1 Å². The summed E-state index contributed by atoms with van der Waals surface area (Å²) in [6.07, 6.45) is -4.71. The molecule has 0 radical (unpaired) electrons. The minimum absolute atomic E-state index is 0.160. The van der Waals surface area contributed by atoms with Crippen LogP contribution in [0.5, 0.6) is 11.5 Å². The second-order valence-corrected chi connectivity index (χ2v) is 9.06. The summed E-state index contributed by atoms with van der Waals surface area (Å²) in [4.78, 5) is 12.5. The molecule has 0 fully saturated rings. The number of carbonyl (C=O) groups is 1. The molecule has 3 rings (SSSR count). The molecular weight excluding hydrogens is 461 g/mol. The Morgan fingerprint density at radius 3 is 2.45 bits per heavy atom. The molecule has 12 heteroatoms. The number of nitrogens with zero attached hydrogens (tertiary/aromatic N) is 1. The Kier molecular flexibility index (Phi) is 6.56. The normalized spacial score (nSPS) is 13.6. The van der Waals surface area contributed by atoms with E-state index in [4.69, 9.17) is 21.1 Å². The molecule has 168 valence electrons. The number of ether oxygens (including phenoxy) is 2. The molecule has 0 unspecified atom stereocenters. The Labute approximate surface area is 181 Å². The molecule has 0 spiro atoms. The number of carbonyl (C=O) groups excluding carboxylic acids is 1. The van der Waals surface area contributed by atoms with Gasteiger partial charge in [0.15, 0.2) is 11.5 Å². The summed E-state index contributed by atoms with van der Waals surface area (Å²) in [5.41, 5.74) is -1.12. The molecule has 0 bridgehead atoms. The molecule has 0 saturated carbocycles. The van der Waals surface area contributed by atoms with Crippen LogP contribution in [-0.2, 0) is 21.0 Å². The molecule has 1 heterocycles. The van der Waals surface area contributed by atoms with E-state index < -0.39 is 39.2 Å². The predicted octanol–water partition coefficient (Wildman–Crippen LogP) is 3.92. The van der Waals surface area contributed by atoms with Crippen LogP contribution in [0.25, 0.3) is 0 Å². The van der Waals surface area contributed by atoms with Crippen LogP contribution in [-0.4, -0.2) is 39.8 Å². The number of fused-ring (bicyclic) bond motifs is 1. The van der Waals surface area contributed by atoms with Crippen LogP contribution in [0, 0.1) is 0 Å². The molecule has 1 N–H and O–H groups in total. The van der Waals surface area contributed by atoms with E-state index in [1.54, 1.807) is 0 Å². The zero-order chi connectivity index (χ0) is 22.8. The average molecular weight is 479 g/mol. The summed E-state index contributed by atoms with van der Waals surface area (Å²) in [7, 11) is -3.89. The summed E-state index contributed by atoms with van der Waals surface area (Å²) in [5, 5.41) is 1.76. The number of hydrogen-bond acceptors (Lipinski definition) is 5. The van der Waals surface area contributed by atoms with Crippen molar-refractivity contribution in [2.45, 2.75) is 13.1 Å². The van der Waals surface area contributed by atoms with Crippen LogP contribution in [0.3, 0.4) is 0 Å². The first-order valence-electron chi connectivity index (χ1n) is 9.08. The highest BCUT2D eigenvalue weighted by Crippen LogP contribution is 2.37. The quantitative estimate of drug-likeness (QED) is 0.680. The Morgan fingerprint density at radius 2 is 1.81 bits per heavy atom. The first kappa shape index (κ1) is 23.0. The zero-order valence-electron chi connectivity index (χ0n) is 16.2. The van der Waals surface area contributed by atoms with Gasteiger partial charge in [-0.15, -0.1) is 0 Å². The molecule has 0 saturated heterocycles. The maximum atomic E-state index is 13.0. The van der Waals surface area contributed by atoms with Crippen LogP contribution in [0.4, 0.5) is 24.5 Å². The predicted molar refractivity (Wildman–Crippen MR) is 109 cm³/mol.